The number of hydrogen-bond acceptors (Lipinski definition) is 3. The number of aliphatic hydroxyl groups is 1. The van der Waals surface area contributed by atoms with E-state index in [4.69, 9.17) is 9.84 Å². The standard InChI is InChI=1S/C25H42O4/c1-22(29-21-23-15-11-10-12-16-23)19-20-24(26)17-13-8-6-4-2-3-5-7-9-14-18-25(27)28/h10-12,15-16,22,24,26H,2-9,13-14,17-21H2,1H3,(H,27,28). The first-order valence-electron chi connectivity index (χ1n) is 11.6. The van der Waals surface area contributed by atoms with E-state index in [0.29, 0.717) is 13.0 Å². The van der Waals surface area contributed by atoms with Gasteiger partial charge in [0.05, 0.1) is 18.8 Å². The van der Waals surface area contributed by atoms with Crippen LogP contribution in [0.4, 0.5) is 0 Å². The first kappa shape index (κ1) is 25.6. The molecule has 0 aromatic heterocycles. The van der Waals surface area contributed by atoms with Crippen LogP contribution < -0.4 is 0 Å². The summed E-state index contributed by atoms with van der Waals surface area (Å²) in [6.07, 6.45) is 14.5. The van der Waals surface area contributed by atoms with Gasteiger partial charge in [0.15, 0.2) is 0 Å². The molecule has 4 heteroatoms. The van der Waals surface area contributed by atoms with Crippen molar-refractivity contribution in [1.82, 2.24) is 0 Å². The Morgan fingerprint density at radius 2 is 1.38 bits per heavy atom. The van der Waals surface area contributed by atoms with E-state index in [9.17, 15) is 9.90 Å². The van der Waals surface area contributed by atoms with Crippen LogP contribution in [0.3, 0.4) is 0 Å². The molecule has 0 saturated heterocycles. The Bertz CT molecular complexity index is 503. The Hall–Kier alpha value is -1.39. The van der Waals surface area contributed by atoms with Gasteiger partial charge >= 0.3 is 5.97 Å². The molecule has 0 radical (unpaired) electrons. The summed E-state index contributed by atoms with van der Waals surface area (Å²) in [4.78, 5) is 10.4. The van der Waals surface area contributed by atoms with Crippen LogP contribution in [0.5, 0.6) is 0 Å². The average Bonchev–Trinajstić information content (AvgIpc) is 2.72. The third-order valence-electron chi connectivity index (χ3n) is 5.46. The van der Waals surface area contributed by atoms with Crippen LogP contribution in [-0.4, -0.2) is 28.4 Å². The Morgan fingerprint density at radius 3 is 1.97 bits per heavy atom. The molecule has 0 aliphatic rings. The van der Waals surface area contributed by atoms with Crippen LogP contribution in [0, 0.1) is 0 Å². The second-order valence-electron chi connectivity index (χ2n) is 8.31. The van der Waals surface area contributed by atoms with Gasteiger partial charge in [0.2, 0.25) is 0 Å². The quantitative estimate of drug-likeness (QED) is 0.257. The van der Waals surface area contributed by atoms with Gasteiger partial charge in [0.1, 0.15) is 0 Å². The molecule has 2 N–H and O–H groups in total. The molecule has 1 aromatic rings. The summed E-state index contributed by atoms with van der Waals surface area (Å²) in [5.41, 5.74) is 1.19. The van der Waals surface area contributed by atoms with Crippen molar-refractivity contribution in [3.8, 4) is 0 Å². The number of benzene rings is 1. The van der Waals surface area contributed by atoms with Crippen LogP contribution >= 0.6 is 0 Å². The summed E-state index contributed by atoms with van der Waals surface area (Å²) >= 11 is 0. The van der Waals surface area contributed by atoms with Gasteiger partial charge < -0.3 is 14.9 Å². The first-order chi connectivity index (χ1) is 14.1. The minimum Gasteiger partial charge on any atom is -0.481 e. The second-order valence-corrected chi connectivity index (χ2v) is 8.31. The third-order valence-corrected chi connectivity index (χ3v) is 5.46. The lowest BCUT2D eigenvalue weighted by Gasteiger charge is -2.16. The van der Waals surface area contributed by atoms with Gasteiger partial charge in [0.25, 0.3) is 0 Å². The summed E-state index contributed by atoms with van der Waals surface area (Å²) in [5, 5.41) is 18.8. The smallest absolute Gasteiger partial charge is 0.303 e. The van der Waals surface area contributed by atoms with Crippen LogP contribution in [0.1, 0.15) is 102 Å². The van der Waals surface area contributed by atoms with E-state index in [1.807, 2.05) is 18.2 Å². The van der Waals surface area contributed by atoms with E-state index >= 15 is 0 Å². The van der Waals surface area contributed by atoms with Crippen molar-refractivity contribution in [3.63, 3.8) is 0 Å². The summed E-state index contributed by atoms with van der Waals surface area (Å²) in [6.45, 7) is 2.72. The van der Waals surface area contributed by atoms with Gasteiger partial charge in [0, 0.05) is 6.42 Å². The molecule has 0 fully saturated rings. The Morgan fingerprint density at radius 1 is 0.828 bits per heavy atom. The molecule has 2 atom stereocenters. The summed E-state index contributed by atoms with van der Waals surface area (Å²) < 4.78 is 5.86. The molecule has 0 saturated carbocycles. The zero-order valence-electron chi connectivity index (χ0n) is 18.4. The predicted octanol–water partition coefficient (Wildman–Crippen LogP) is 6.50. The van der Waals surface area contributed by atoms with E-state index in [0.717, 1.165) is 44.9 Å². The van der Waals surface area contributed by atoms with Crippen LogP contribution in [0.15, 0.2) is 30.3 Å². The van der Waals surface area contributed by atoms with E-state index < -0.39 is 5.97 Å². The molecule has 1 rings (SSSR count). The predicted molar refractivity (Wildman–Crippen MR) is 119 cm³/mol. The second kappa shape index (κ2) is 17.5. The minimum absolute atomic E-state index is 0.175. The molecule has 0 heterocycles. The molecular formula is C25H42O4. The van der Waals surface area contributed by atoms with E-state index in [2.05, 4.69) is 19.1 Å². The number of aliphatic carboxylic acids is 1. The van der Waals surface area contributed by atoms with Gasteiger partial charge in [-0.05, 0) is 38.2 Å². The fourth-order valence-corrected chi connectivity index (χ4v) is 3.54. The molecule has 1 aromatic carbocycles. The highest BCUT2D eigenvalue weighted by atomic mass is 16.5. The molecule has 0 aliphatic heterocycles. The third kappa shape index (κ3) is 16.1. The molecule has 2 unspecified atom stereocenters. The average molecular weight is 407 g/mol. The lowest BCUT2D eigenvalue weighted by molar-refractivity contribution is -0.137. The normalized spacial score (nSPS) is 13.3. The number of carbonyl (C=O) groups is 1. The van der Waals surface area contributed by atoms with Gasteiger partial charge in [-0.3, -0.25) is 4.79 Å². The van der Waals surface area contributed by atoms with Crippen molar-refractivity contribution in [1.29, 1.82) is 0 Å². The van der Waals surface area contributed by atoms with Crippen LogP contribution in [0.25, 0.3) is 0 Å². The summed E-state index contributed by atoms with van der Waals surface area (Å²) in [7, 11) is 0. The van der Waals surface area contributed by atoms with E-state index in [1.54, 1.807) is 0 Å². The largest absolute Gasteiger partial charge is 0.481 e. The van der Waals surface area contributed by atoms with Crippen molar-refractivity contribution >= 4 is 5.97 Å². The minimum atomic E-state index is -0.680. The number of aliphatic hydroxyl groups excluding tert-OH is 1. The van der Waals surface area contributed by atoms with E-state index in [-0.39, 0.29) is 12.2 Å². The zero-order chi connectivity index (χ0) is 21.2. The van der Waals surface area contributed by atoms with E-state index in [1.165, 1.54) is 44.1 Å². The zero-order valence-corrected chi connectivity index (χ0v) is 18.4. The Kier molecular flexibility index (Phi) is 15.4. The van der Waals surface area contributed by atoms with Gasteiger partial charge in [-0.25, -0.2) is 0 Å². The maximum absolute atomic E-state index is 10.4. The highest BCUT2D eigenvalue weighted by Gasteiger charge is 2.08. The summed E-state index contributed by atoms with van der Waals surface area (Å²) in [6, 6.07) is 10.2. The number of hydrogen-bond donors (Lipinski definition) is 2. The highest BCUT2D eigenvalue weighted by molar-refractivity contribution is 5.66. The lowest BCUT2D eigenvalue weighted by Crippen LogP contribution is -2.13. The number of unbranched alkanes of at least 4 members (excludes halogenated alkanes) is 9. The highest BCUT2D eigenvalue weighted by Crippen LogP contribution is 2.15. The maximum atomic E-state index is 10.4. The molecule has 0 aliphatic carbocycles. The number of rotatable bonds is 19. The van der Waals surface area contributed by atoms with Crippen molar-refractivity contribution in [2.75, 3.05) is 0 Å². The van der Waals surface area contributed by atoms with Gasteiger partial charge in [-0.15, -0.1) is 0 Å². The topological polar surface area (TPSA) is 66.8 Å². The molecule has 0 spiro atoms. The molecule has 29 heavy (non-hydrogen) atoms. The Balaban J connectivity index is 1.85. The first-order valence-corrected chi connectivity index (χ1v) is 11.6. The molecule has 0 amide bonds. The van der Waals surface area contributed by atoms with Gasteiger partial charge in [-0.2, -0.15) is 0 Å². The van der Waals surface area contributed by atoms with Crippen molar-refractivity contribution < 1.29 is 19.7 Å². The fraction of sp³-hybridized carbons (Fsp3) is 0.720. The fourth-order valence-electron chi connectivity index (χ4n) is 3.54. The summed E-state index contributed by atoms with van der Waals surface area (Å²) in [5.74, 6) is -0.680. The van der Waals surface area contributed by atoms with Crippen molar-refractivity contribution in [2.45, 2.75) is 116 Å². The van der Waals surface area contributed by atoms with Crippen LogP contribution in [0.2, 0.25) is 0 Å². The van der Waals surface area contributed by atoms with Crippen molar-refractivity contribution in [2.24, 2.45) is 0 Å². The SMILES string of the molecule is CC(CCC(O)CCCCCCCCCCCCC(=O)O)OCc1ccccc1. The monoisotopic (exact) mass is 406 g/mol. The maximum Gasteiger partial charge on any atom is 0.303 e. The Labute approximate surface area is 177 Å². The molecule has 4 nitrogen and oxygen atoms in total. The van der Waals surface area contributed by atoms with Crippen LogP contribution in [-0.2, 0) is 16.1 Å². The molecule has 0 bridgehead atoms. The number of carboxylic acids is 1. The van der Waals surface area contributed by atoms with Crippen molar-refractivity contribution in [3.05, 3.63) is 35.9 Å². The number of ether oxygens (including phenoxy) is 1. The lowest BCUT2D eigenvalue weighted by atomic mass is 10.0. The number of carboxylic acid groups (broad SMARTS) is 1. The molecular weight excluding hydrogens is 364 g/mol. The van der Waals surface area contributed by atoms with Gasteiger partial charge in [-0.1, -0.05) is 88.1 Å². The molecule has 166 valence electrons.